The van der Waals surface area contributed by atoms with Crippen molar-refractivity contribution in [2.45, 2.75) is 46.2 Å². The van der Waals surface area contributed by atoms with Crippen molar-refractivity contribution in [2.75, 3.05) is 59.5 Å². The lowest BCUT2D eigenvalue weighted by molar-refractivity contribution is -0.142. The summed E-state index contributed by atoms with van der Waals surface area (Å²) in [5, 5.41) is 0. The number of ether oxygens (including phenoxy) is 2. The molecule has 1 aromatic carbocycles. The lowest BCUT2D eigenvalue weighted by Gasteiger charge is -2.39. The molecule has 3 rings (SSSR count). The van der Waals surface area contributed by atoms with Gasteiger partial charge in [-0.15, -0.1) is 0 Å². The fourth-order valence-corrected chi connectivity index (χ4v) is 5.23. The van der Waals surface area contributed by atoms with Gasteiger partial charge in [-0.3, -0.25) is 0 Å². The van der Waals surface area contributed by atoms with E-state index in [1.54, 1.807) is 27.7 Å². The van der Waals surface area contributed by atoms with Crippen LogP contribution in [-0.4, -0.2) is 86.2 Å². The summed E-state index contributed by atoms with van der Waals surface area (Å²) in [7, 11) is 2.09. The van der Waals surface area contributed by atoms with Crippen molar-refractivity contribution in [1.29, 1.82) is 0 Å². The number of esters is 2. The van der Waals surface area contributed by atoms with Gasteiger partial charge in [-0.25, -0.2) is 9.59 Å². The zero-order valence-electron chi connectivity index (χ0n) is 22.9. The van der Waals surface area contributed by atoms with Gasteiger partial charge < -0.3 is 24.2 Å². The van der Waals surface area contributed by atoms with E-state index in [2.05, 4.69) is 16.8 Å². The van der Waals surface area contributed by atoms with E-state index in [4.69, 9.17) is 9.47 Å². The molecule has 1 fully saturated rings. The molecule has 1 saturated heterocycles. The predicted molar refractivity (Wildman–Crippen MR) is 138 cm³/mol. The Labute approximate surface area is 222 Å². The molecule has 38 heavy (non-hydrogen) atoms. The average molecular weight is 538 g/mol. The highest BCUT2D eigenvalue weighted by atomic mass is 19.4. The number of halogens is 3. The lowest BCUT2D eigenvalue weighted by Crippen LogP contribution is -2.45. The van der Waals surface area contributed by atoms with Crippen molar-refractivity contribution in [3.63, 3.8) is 0 Å². The fraction of sp³-hybridized carbons (Fsp3) is 0.571. The van der Waals surface area contributed by atoms with E-state index in [9.17, 15) is 22.8 Å². The van der Waals surface area contributed by atoms with Crippen LogP contribution in [0.4, 0.5) is 13.2 Å². The maximum Gasteiger partial charge on any atom is 0.416 e. The molecule has 210 valence electrons. The summed E-state index contributed by atoms with van der Waals surface area (Å²) in [6, 6.07) is 5.05. The van der Waals surface area contributed by atoms with Gasteiger partial charge in [-0.05, 0) is 59.3 Å². The highest BCUT2D eigenvalue weighted by Crippen LogP contribution is 2.46. The van der Waals surface area contributed by atoms with Gasteiger partial charge >= 0.3 is 18.1 Å². The molecule has 10 heteroatoms. The quantitative estimate of drug-likeness (QED) is 0.433. The van der Waals surface area contributed by atoms with Crippen LogP contribution >= 0.6 is 0 Å². The van der Waals surface area contributed by atoms with Crippen LogP contribution in [0.25, 0.3) is 0 Å². The summed E-state index contributed by atoms with van der Waals surface area (Å²) in [6.45, 7) is 12.0. The summed E-state index contributed by atoms with van der Waals surface area (Å²) < 4.78 is 53.0. The van der Waals surface area contributed by atoms with Crippen molar-refractivity contribution >= 4 is 11.9 Å². The van der Waals surface area contributed by atoms with E-state index in [0.29, 0.717) is 17.9 Å². The third kappa shape index (κ3) is 6.58. The van der Waals surface area contributed by atoms with E-state index < -0.39 is 29.6 Å². The first-order valence-electron chi connectivity index (χ1n) is 13.1. The van der Waals surface area contributed by atoms with E-state index in [1.165, 1.54) is 18.2 Å². The predicted octanol–water partition coefficient (Wildman–Crippen LogP) is 4.42. The van der Waals surface area contributed by atoms with Crippen LogP contribution in [0, 0.1) is 0 Å². The molecule has 0 amide bonds. The van der Waals surface area contributed by atoms with Crippen molar-refractivity contribution in [3.8, 4) is 0 Å². The summed E-state index contributed by atoms with van der Waals surface area (Å²) in [5.74, 6) is -2.77. The van der Waals surface area contributed by atoms with Gasteiger partial charge in [0.1, 0.15) is 0 Å². The van der Waals surface area contributed by atoms with Gasteiger partial charge in [0.05, 0.1) is 35.8 Å². The smallest absolute Gasteiger partial charge is 0.416 e. The first-order valence-corrected chi connectivity index (χ1v) is 13.1. The third-order valence-electron chi connectivity index (χ3n) is 7.19. The number of hydrogen-bond donors (Lipinski definition) is 0. The second-order valence-electron chi connectivity index (χ2n) is 9.61. The van der Waals surface area contributed by atoms with Crippen molar-refractivity contribution < 1.29 is 32.2 Å². The molecule has 1 aromatic rings. The second kappa shape index (κ2) is 12.8. The molecule has 0 bridgehead atoms. The fourth-order valence-electron chi connectivity index (χ4n) is 5.23. The van der Waals surface area contributed by atoms with Crippen molar-refractivity contribution in [2.24, 2.45) is 0 Å². The highest BCUT2D eigenvalue weighted by molar-refractivity contribution is 6.00. The Bertz CT molecular complexity index is 1030. The second-order valence-corrected chi connectivity index (χ2v) is 9.61. The Kier molecular flexibility index (Phi) is 10.0. The number of rotatable bonds is 9. The molecule has 0 saturated carbocycles. The van der Waals surface area contributed by atoms with Crippen molar-refractivity contribution in [1.82, 2.24) is 14.7 Å². The summed E-state index contributed by atoms with van der Waals surface area (Å²) in [6.07, 6.45) is -3.94. The Morgan fingerprint density at radius 3 is 1.92 bits per heavy atom. The number of likely N-dealkylation sites (N-methyl/N-ethyl adjacent to an activating group) is 1. The highest BCUT2D eigenvalue weighted by Gasteiger charge is 2.44. The van der Waals surface area contributed by atoms with Gasteiger partial charge in [0, 0.05) is 44.1 Å². The zero-order chi connectivity index (χ0) is 28.0. The van der Waals surface area contributed by atoms with Crippen LogP contribution in [0.15, 0.2) is 46.8 Å². The minimum Gasteiger partial charge on any atom is -0.463 e. The number of nitrogens with zero attached hydrogens (tertiary/aromatic N) is 3. The zero-order valence-corrected chi connectivity index (χ0v) is 22.9. The first-order chi connectivity index (χ1) is 18.0. The van der Waals surface area contributed by atoms with E-state index in [0.717, 1.165) is 45.2 Å². The molecule has 0 aliphatic carbocycles. The Hall–Kier alpha value is -2.85. The molecule has 2 aliphatic rings. The molecule has 0 unspecified atom stereocenters. The molecule has 0 N–H and O–H groups in total. The van der Waals surface area contributed by atoms with Crippen LogP contribution in [-0.2, 0) is 25.2 Å². The number of piperazine rings is 1. The molecule has 0 radical (unpaired) electrons. The van der Waals surface area contributed by atoms with Gasteiger partial charge in [-0.1, -0.05) is 18.2 Å². The number of benzene rings is 1. The molecular weight excluding hydrogens is 499 g/mol. The number of hydrogen-bond acceptors (Lipinski definition) is 7. The average Bonchev–Trinajstić information content (AvgIpc) is 2.86. The first kappa shape index (κ1) is 29.7. The number of allylic oxidation sites excluding steroid dienone is 2. The Morgan fingerprint density at radius 2 is 1.42 bits per heavy atom. The van der Waals surface area contributed by atoms with E-state index in [-0.39, 0.29) is 29.9 Å². The number of alkyl halides is 3. The minimum absolute atomic E-state index is 0.0248. The molecular formula is C28H38F3N3O4. The Balaban J connectivity index is 2.09. The summed E-state index contributed by atoms with van der Waals surface area (Å²) in [5.41, 5.74) is -0.0723. The molecule has 2 aliphatic heterocycles. The molecule has 7 nitrogen and oxygen atoms in total. The monoisotopic (exact) mass is 537 g/mol. The normalized spacial score (nSPS) is 18.3. The van der Waals surface area contributed by atoms with Crippen LogP contribution in [0.5, 0.6) is 0 Å². The van der Waals surface area contributed by atoms with Gasteiger partial charge in [0.2, 0.25) is 0 Å². The topological polar surface area (TPSA) is 62.3 Å². The number of carbonyl (C=O) groups excluding carboxylic acids is 2. The summed E-state index contributed by atoms with van der Waals surface area (Å²) in [4.78, 5) is 33.1. The standard InChI is InChI=1S/C28H38F3N3O4/c1-6-37-26(35)23-19(3)34(14-10-13-33-17-15-32(5)16-18-33)20(4)24(27(36)38-7-2)25(23)21-11-8-9-12-22(21)28(29,30)31/h8-9,11-12,25H,6-7,10,13-18H2,1-5H3. The summed E-state index contributed by atoms with van der Waals surface area (Å²) >= 11 is 0. The maximum atomic E-state index is 14.1. The minimum atomic E-state index is -4.68. The maximum absolute atomic E-state index is 14.1. The number of carbonyl (C=O) groups is 2. The van der Waals surface area contributed by atoms with Crippen LogP contribution in [0.3, 0.4) is 0 Å². The Morgan fingerprint density at radius 1 is 0.895 bits per heavy atom. The van der Waals surface area contributed by atoms with Gasteiger partial charge in [0.15, 0.2) is 0 Å². The third-order valence-corrected chi connectivity index (χ3v) is 7.19. The molecule has 0 atom stereocenters. The molecule has 0 spiro atoms. The van der Waals surface area contributed by atoms with Crippen molar-refractivity contribution in [3.05, 3.63) is 57.9 Å². The van der Waals surface area contributed by atoms with E-state index in [1.807, 2.05) is 4.90 Å². The lowest BCUT2D eigenvalue weighted by atomic mass is 9.78. The van der Waals surface area contributed by atoms with Crippen LogP contribution < -0.4 is 0 Å². The van der Waals surface area contributed by atoms with Gasteiger partial charge in [-0.2, -0.15) is 13.2 Å². The largest absolute Gasteiger partial charge is 0.463 e. The van der Waals surface area contributed by atoms with Gasteiger partial charge in [0.25, 0.3) is 0 Å². The van der Waals surface area contributed by atoms with Crippen LogP contribution in [0.2, 0.25) is 0 Å². The molecule has 0 aromatic heterocycles. The SMILES string of the molecule is CCOC(=O)C1=C(C)N(CCCN2CCN(C)CC2)C(C)=C(C(=O)OCC)C1c1ccccc1C(F)(F)F. The van der Waals surface area contributed by atoms with E-state index >= 15 is 0 Å². The molecule has 2 heterocycles. The van der Waals surface area contributed by atoms with Crippen LogP contribution in [0.1, 0.15) is 51.2 Å².